The van der Waals surface area contributed by atoms with Gasteiger partial charge in [0.25, 0.3) is 0 Å². The Hall–Kier alpha value is -1.000. The molecule has 86 valence electrons. The largest absolute Gasteiger partial charge is 0.326 e. The number of rotatable bonds is 3. The summed E-state index contributed by atoms with van der Waals surface area (Å²) in [6, 6.07) is 7.70. The van der Waals surface area contributed by atoms with E-state index in [4.69, 9.17) is 5.73 Å². The third-order valence-corrected chi connectivity index (χ3v) is 3.96. The van der Waals surface area contributed by atoms with E-state index >= 15 is 0 Å². The molecule has 1 saturated heterocycles. The van der Waals surface area contributed by atoms with Crippen LogP contribution < -0.4 is 11.1 Å². The number of para-hydroxylation sites is 1. The van der Waals surface area contributed by atoms with Gasteiger partial charge >= 0.3 is 0 Å². The summed E-state index contributed by atoms with van der Waals surface area (Å²) in [7, 11) is 0. The number of hydrogen-bond acceptors (Lipinski definition) is 3. The summed E-state index contributed by atoms with van der Waals surface area (Å²) in [5.41, 5.74) is 7.47. The molecule has 4 heteroatoms. The highest BCUT2D eigenvalue weighted by Crippen LogP contribution is 2.25. The summed E-state index contributed by atoms with van der Waals surface area (Å²) in [5, 5.41) is 2.97. The minimum atomic E-state index is 0.130. The maximum atomic E-state index is 11.9. The van der Waals surface area contributed by atoms with Gasteiger partial charge in [0.2, 0.25) is 5.91 Å². The van der Waals surface area contributed by atoms with Crippen molar-refractivity contribution >= 4 is 23.4 Å². The van der Waals surface area contributed by atoms with Crippen LogP contribution >= 0.6 is 11.8 Å². The van der Waals surface area contributed by atoms with Crippen LogP contribution in [0.1, 0.15) is 12.0 Å². The van der Waals surface area contributed by atoms with E-state index in [9.17, 15) is 4.79 Å². The van der Waals surface area contributed by atoms with Crippen molar-refractivity contribution < 1.29 is 4.79 Å². The zero-order chi connectivity index (χ0) is 11.4. The van der Waals surface area contributed by atoms with Crippen molar-refractivity contribution in [3.05, 3.63) is 29.8 Å². The molecular weight excluding hydrogens is 220 g/mol. The fraction of sp³-hybridized carbons (Fsp3) is 0.417. The average Bonchev–Trinajstić information content (AvgIpc) is 2.83. The highest BCUT2D eigenvalue weighted by atomic mass is 32.2. The van der Waals surface area contributed by atoms with E-state index in [0.717, 1.165) is 29.2 Å². The van der Waals surface area contributed by atoms with E-state index < -0.39 is 0 Å². The second-order valence-corrected chi connectivity index (χ2v) is 5.06. The van der Waals surface area contributed by atoms with Crippen LogP contribution in [0.15, 0.2) is 24.3 Å². The Labute approximate surface area is 99.8 Å². The molecule has 1 unspecified atom stereocenters. The van der Waals surface area contributed by atoms with Crippen LogP contribution in [0.3, 0.4) is 0 Å². The van der Waals surface area contributed by atoms with Gasteiger partial charge in [-0.1, -0.05) is 18.2 Å². The van der Waals surface area contributed by atoms with E-state index in [1.165, 1.54) is 0 Å². The van der Waals surface area contributed by atoms with E-state index in [-0.39, 0.29) is 11.8 Å². The zero-order valence-corrected chi connectivity index (χ0v) is 9.93. The van der Waals surface area contributed by atoms with Gasteiger partial charge in [0.1, 0.15) is 0 Å². The van der Waals surface area contributed by atoms with Gasteiger partial charge < -0.3 is 11.1 Å². The molecule has 1 amide bonds. The quantitative estimate of drug-likeness (QED) is 0.842. The summed E-state index contributed by atoms with van der Waals surface area (Å²) in [6.07, 6.45) is 0.987. The lowest BCUT2D eigenvalue weighted by atomic mass is 10.1. The summed E-state index contributed by atoms with van der Waals surface area (Å²) in [4.78, 5) is 11.9. The summed E-state index contributed by atoms with van der Waals surface area (Å²) in [5.74, 6) is 2.33. The summed E-state index contributed by atoms with van der Waals surface area (Å²) < 4.78 is 0. The molecule has 1 aromatic carbocycles. The first kappa shape index (κ1) is 11.5. The van der Waals surface area contributed by atoms with Crippen molar-refractivity contribution in [3.8, 4) is 0 Å². The molecule has 1 fully saturated rings. The highest BCUT2D eigenvalue weighted by molar-refractivity contribution is 7.99. The minimum absolute atomic E-state index is 0.130. The van der Waals surface area contributed by atoms with Crippen molar-refractivity contribution in [3.63, 3.8) is 0 Å². The molecule has 3 N–H and O–H groups in total. The van der Waals surface area contributed by atoms with E-state index in [1.807, 2.05) is 36.0 Å². The number of anilines is 1. The van der Waals surface area contributed by atoms with Crippen molar-refractivity contribution in [1.82, 2.24) is 0 Å². The molecule has 0 saturated carbocycles. The average molecular weight is 236 g/mol. The van der Waals surface area contributed by atoms with Crippen LogP contribution in [0.4, 0.5) is 5.69 Å². The standard InChI is InChI=1S/C12H16N2OS/c13-7-9-3-1-2-4-11(9)14-12(15)10-5-6-16-8-10/h1-4,10H,5-8,13H2,(H,14,15). The van der Waals surface area contributed by atoms with E-state index in [1.54, 1.807) is 0 Å². The molecule has 1 atom stereocenters. The molecule has 0 aliphatic carbocycles. The predicted octanol–water partition coefficient (Wildman–Crippen LogP) is 1.84. The predicted molar refractivity (Wildman–Crippen MR) is 68.4 cm³/mol. The van der Waals surface area contributed by atoms with Crippen LogP contribution in [0.2, 0.25) is 0 Å². The highest BCUT2D eigenvalue weighted by Gasteiger charge is 2.23. The fourth-order valence-corrected chi connectivity index (χ4v) is 3.02. The van der Waals surface area contributed by atoms with Gasteiger partial charge in [0.05, 0.1) is 0 Å². The third-order valence-electron chi connectivity index (χ3n) is 2.80. The van der Waals surface area contributed by atoms with Crippen LogP contribution in [-0.4, -0.2) is 17.4 Å². The lowest BCUT2D eigenvalue weighted by molar-refractivity contribution is -0.119. The Morgan fingerprint density at radius 2 is 2.31 bits per heavy atom. The smallest absolute Gasteiger partial charge is 0.228 e. The van der Waals surface area contributed by atoms with Crippen molar-refractivity contribution in [1.29, 1.82) is 0 Å². The molecule has 0 radical (unpaired) electrons. The molecule has 0 aromatic heterocycles. The topological polar surface area (TPSA) is 55.1 Å². The molecule has 16 heavy (non-hydrogen) atoms. The minimum Gasteiger partial charge on any atom is -0.326 e. The van der Waals surface area contributed by atoms with Crippen LogP contribution in [-0.2, 0) is 11.3 Å². The van der Waals surface area contributed by atoms with Gasteiger partial charge in [0, 0.05) is 23.9 Å². The Kier molecular flexibility index (Phi) is 3.85. The molecule has 0 spiro atoms. The van der Waals surface area contributed by atoms with Crippen molar-refractivity contribution in [2.75, 3.05) is 16.8 Å². The van der Waals surface area contributed by atoms with Gasteiger partial charge in [-0.05, 0) is 23.8 Å². The molecular formula is C12H16N2OS. The Balaban J connectivity index is 2.05. The summed E-state index contributed by atoms with van der Waals surface area (Å²) >= 11 is 1.85. The first-order valence-electron chi connectivity index (χ1n) is 5.48. The molecule has 0 bridgehead atoms. The first-order chi connectivity index (χ1) is 7.81. The number of carbonyl (C=O) groups is 1. The van der Waals surface area contributed by atoms with Gasteiger partial charge in [-0.15, -0.1) is 0 Å². The number of carbonyl (C=O) groups excluding carboxylic acids is 1. The molecule has 1 aromatic rings. The van der Waals surface area contributed by atoms with Gasteiger partial charge in [-0.3, -0.25) is 4.79 Å². The monoisotopic (exact) mass is 236 g/mol. The molecule has 1 heterocycles. The Morgan fingerprint density at radius 3 is 3.00 bits per heavy atom. The van der Waals surface area contributed by atoms with Gasteiger partial charge in [0.15, 0.2) is 0 Å². The van der Waals surface area contributed by atoms with Crippen LogP contribution in [0.5, 0.6) is 0 Å². The van der Waals surface area contributed by atoms with Crippen LogP contribution in [0, 0.1) is 5.92 Å². The number of benzene rings is 1. The maximum Gasteiger partial charge on any atom is 0.228 e. The van der Waals surface area contributed by atoms with Crippen LogP contribution in [0.25, 0.3) is 0 Å². The maximum absolute atomic E-state index is 11.9. The second-order valence-electron chi connectivity index (χ2n) is 3.91. The molecule has 3 nitrogen and oxygen atoms in total. The zero-order valence-electron chi connectivity index (χ0n) is 9.11. The summed E-state index contributed by atoms with van der Waals surface area (Å²) in [6.45, 7) is 0.454. The third kappa shape index (κ3) is 2.57. The normalized spacial score (nSPS) is 19.7. The number of nitrogens with two attached hydrogens (primary N) is 1. The second kappa shape index (κ2) is 5.37. The Morgan fingerprint density at radius 1 is 1.50 bits per heavy atom. The molecule has 1 aliphatic rings. The molecule has 1 aliphatic heterocycles. The fourth-order valence-electron chi connectivity index (χ4n) is 1.80. The van der Waals surface area contributed by atoms with E-state index in [2.05, 4.69) is 5.32 Å². The number of hydrogen-bond donors (Lipinski definition) is 2. The molecule has 2 rings (SSSR count). The lowest BCUT2D eigenvalue weighted by Gasteiger charge is -2.12. The number of thioether (sulfide) groups is 1. The van der Waals surface area contributed by atoms with Crippen molar-refractivity contribution in [2.24, 2.45) is 11.7 Å². The SMILES string of the molecule is NCc1ccccc1NC(=O)C1CCSC1. The Bertz CT molecular complexity index is 375. The van der Waals surface area contributed by atoms with Gasteiger partial charge in [-0.2, -0.15) is 11.8 Å². The lowest BCUT2D eigenvalue weighted by Crippen LogP contribution is -2.23. The van der Waals surface area contributed by atoms with Gasteiger partial charge in [-0.25, -0.2) is 0 Å². The van der Waals surface area contributed by atoms with E-state index in [0.29, 0.717) is 6.54 Å². The number of amides is 1. The van der Waals surface area contributed by atoms with Crippen molar-refractivity contribution in [2.45, 2.75) is 13.0 Å². The number of nitrogens with one attached hydrogen (secondary N) is 1. The first-order valence-corrected chi connectivity index (χ1v) is 6.63.